The second-order valence-electron chi connectivity index (χ2n) is 4.52. The monoisotopic (exact) mass is 324 g/mol. The molecule has 0 aliphatic heterocycles. The molecule has 6 N–H and O–H groups in total. The summed E-state index contributed by atoms with van der Waals surface area (Å²) in [5.41, 5.74) is 12.8. The van der Waals surface area contributed by atoms with Gasteiger partial charge in [0.05, 0.1) is 0 Å². The average molecular weight is 324 g/mol. The minimum atomic E-state index is -3.11. The van der Waals surface area contributed by atoms with Gasteiger partial charge in [-0.05, 0) is 24.3 Å². The Morgan fingerprint density at radius 2 is 1.09 bits per heavy atom. The summed E-state index contributed by atoms with van der Waals surface area (Å²) in [6.45, 7) is 0. The molecule has 22 heavy (non-hydrogen) atoms. The van der Waals surface area contributed by atoms with Crippen LogP contribution in [0.3, 0.4) is 0 Å². The van der Waals surface area contributed by atoms with E-state index in [1.54, 1.807) is 24.3 Å². The third kappa shape index (κ3) is 4.56. The van der Waals surface area contributed by atoms with Crippen LogP contribution >= 0.6 is 8.25 Å². The summed E-state index contributed by atoms with van der Waals surface area (Å²) in [5.74, 6) is 0. The molecule has 0 bridgehead atoms. The zero-order chi connectivity index (χ0) is 16.1. The fraction of sp³-hybridized carbons (Fsp3) is 0.143. The van der Waals surface area contributed by atoms with Crippen molar-refractivity contribution in [1.29, 1.82) is 0 Å². The molecular weight excluding hydrogens is 307 g/mol. The van der Waals surface area contributed by atoms with E-state index in [0.29, 0.717) is 22.5 Å². The predicted molar refractivity (Wildman–Crippen MR) is 82.8 cm³/mol. The summed E-state index contributed by atoms with van der Waals surface area (Å²) < 4.78 is 21.4. The molecule has 2 aromatic rings. The van der Waals surface area contributed by atoms with Gasteiger partial charge in [0.2, 0.25) is 0 Å². The molecule has 0 aliphatic carbocycles. The Kier molecular flexibility index (Phi) is 5.54. The Balaban J connectivity index is 1.91. The molecule has 8 heteroatoms. The van der Waals surface area contributed by atoms with Gasteiger partial charge in [-0.2, -0.15) is 0 Å². The molecule has 7 nitrogen and oxygen atoms in total. The fourth-order valence-electron chi connectivity index (χ4n) is 1.67. The minimum Gasteiger partial charge on any atom is -0.399 e. The van der Waals surface area contributed by atoms with Crippen LogP contribution in [-0.2, 0) is 13.6 Å². The maximum Gasteiger partial charge on any atom is 0.324 e. The fourth-order valence-corrected chi connectivity index (χ4v) is 2.36. The Labute approximate surface area is 128 Å². The Hall–Kier alpha value is -1.89. The highest BCUT2D eigenvalue weighted by Gasteiger charge is 2.16. The molecule has 118 valence electrons. The second-order valence-corrected chi connectivity index (χ2v) is 5.50. The smallest absolute Gasteiger partial charge is 0.324 e. The molecule has 0 radical (unpaired) electrons. The topological polar surface area (TPSA) is 128 Å². The first-order valence-electron chi connectivity index (χ1n) is 6.40. The normalized spacial score (nSPS) is 15.2. The minimum absolute atomic E-state index is 0.373. The molecule has 0 fully saturated rings. The van der Waals surface area contributed by atoms with Crippen molar-refractivity contribution < 1.29 is 23.8 Å². The average Bonchev–Trinajstić information content (AvgIpc) is 2.48. The van der Waals surface area contributed by atoms with Crippen LogP contribution in [0.25, 0.3) is 0 Å². The molecule has 2 aromatic carbocycles. The zero-order valence-electron chi connectivity index (χ0n) is 11.5. The number of rotatable bonds is 6. The van der Waals surface area contributed by atoms with Crippen LogP contribution < -0.4 is 11.5 Å². The number of nitrogens with two attached hydrogens (primary N) is 2. The molecule has 2 rings (SSSR count). The van der Waals surface area contributed by atoms with Gasteiger partial charge in [-0.15, -0.1) is 0 Å². The van der Waals surface area contributed by atoms with Gasteiger partial charge < -0.3 is 21.7 Å². The summed E-state index contributed by atoms with van der Waals surface area (Å²) in [4.78, 5) is 0. The highest BCUT2D eigenvalue weighted by atomic mass is 31.1. The van der Waals surface area contributed by atoms with Gasteiger partial charge >= 0.3 is 8.25 Å². The van der Waals surface area contributed by atoms with Crippen LogP contribution in [0, 0.1) is 0 Å². The lowest BCUT2D eigenvalue weighted by molar-refractivity contribution is -0.0619. The molecule has 2 unspecified atom stereocenters. The molecular formula is C14H17N2O5P. The number of aliphatic hydroxyl groups is 2. The molecule has 0 aromatic heterocycles. The Morgan fingerprint density at radius 3 is 1.41 bits per heavy atom. The van der Waals surface area contributed by atoms with E-state index in [2.05, 4.69) is 0 Å². The van der Waals surface area contributed by atoms with Crippen molar-refractivity contribution in [3.63, 3.8) is 0 Å². The number of aliphatic hydroxyl groups excluding tert-OH is 2. The number of benzene rings is 2. The molecule has 0 amide bonds. The number of hydrogen-bond donors (Lipinski definition) is 4. The van der Waals surface area contributed by atoms with Crippen molar-refractivity contribution in [1.82, 2.24) is 0 Å². The molecule has 0 spiro atoms. The zero-order valence-corrected chi connectivity index (χ0v) is 12.5. The maximum atomic E-state index is 11.7. The molecule has 0 saturated carbocycles. The van der Waals surface area contributed by atoms with E-state index in [9.17, 15) is 14.8 Å². The number of hydrogen-bond acceptors (Lipinski definition) is 7. The molecule has 0 saturated heterocycles. The Morgan fingerprint density at radius 1 is 0.773 bits per heavy atom. The highest BCUT2D eigenvalue weighted by molar-refractivity contribution is 7.33. The van der Waals surface area contributed by atoms with Gasteiger partial charge in [-0.25, -0.2) is 0 Å². The summed E-state index contributed by atoms with van der Waals surface area (Å²) >= 11 is 0. The van der Waals surface area contributed by atoms with Gasteiger partial charge in [0.25, 0.3) is 0 Å². The summed E-state index contributed by atoms with van der Waals surface area (Å²) in [5, 5.41) is 19.6. The van der Waals surface area contributed by atoms with Crippen molar-refractivity contribution >= 4 is 19.6 Å². The molecule has 2 atom stereocenters. The summed E-state index contributed by atoms with van der Waals surface area (Å²) in [6, 6.07) is 12.4. The lowest BCUT2D eigenvalue weighted by atomic mass is 10.2. The SMILES string of the molecule is Nc1ccc(C(O)O[PH](=O)OC(O)c2ccc(N)cc2)cc1. The van der Waals surface area contributed by atoms with Crippen LogP contribution in [-0.4, -0.2) is 10.2 Å². The lowest BCUT2D eigenvalue weighted by Crippen LogP contribution is -2.02. The molecule has 0 heterocycles. The quantitative estimate of drug-likeness (QED) is 0.363. The largest absolute Gasteiger partial charge is 0.399 e. The second kappa shape index (κ2) is 7.40. The third-order valence-electron chi connectivity index (χ3n) is 2.86. The van der Waals surface area contributed by atoms with Crippen molar-refractivity contribution in [2.45, 2.75) is 12.6 Å². The number of nitrogen functional groups attached to an aromatic ring is 2. The van der Waals surface area contributed by atoms with Gasteiger partial charge in [0, 0.05) is 22.5 Å². The van der Waals surface area contributed by atoms with E-state index >= 15 is 0 Å². The summed E-state index contributed by atoms with van der Waals surface area (Å²) in [7, 11) is -3.11. The van der Waals surface area contributed by atoms with E-state index in [0.717, 1.165) is 0 Å². The molecule has 0 aliphatic rings. The number of anilines is 2. The standard InChI is InChI=1S/C14H17N2O5P/c15-11-5-1-9(2-6-11)13(17)20-22(19)21-14(18)10-3-7-12(16)8-4-10/h1-8,13-14,17-18,22H,15-16H2. The van der Waals surface area contributed by atoms with Gasteiger partial charge in [0.1, 0.15) is 0 Å². The van der Waals surface area contributed by atoms with Crippen LogP contribution in [0.15, 0.2) is 48.5 Å². The van der Waals surface area contributed by atoms with E-state index < -0.39 is 20.8 Å². The first-order valence-corrected chi connectivity index (χ1v) is 7.62. The van der Waals surface area contributed by atoms with Crippen LogP contribution in [0.4, 0.5) is 11.4 Å². The Bertz CT molecular complexity index is 577. The van der Waals surface area contributed by atoms with E-state index in [1.165, 1.54) is 24.3 Å². The van der Waals surface area contributed by atoms with Gasteiger partial charge in [0.15, 0.2) is 12.6 Å². The van der Waals surface area contributed by atoms with Crippen molar-refractivity contribution in [3.05, 3.63) is 59.7 Å². The van der Waals surface area contributed by atoms with Crippen LogP contribution in [0.1, 0.15) is 23.7 Å². The van der Waals surface area contributed by atoms with Crippen molar-refractivity contribution in [2.24, 2.45) is 0 Å². The van der Waals surface area contributed by atoms with Crippen molar-refractivity contribution in [3.8, 4) is 0 Å². The van der Waals surface area contributed by atoms with Crippen molar-refractivity contribution in [2.75, 3.05) is 11.5 Å². The van der Waals surface area contributed by atoms with Crippen LogP contribution in [0.2, 0.25) is 0 Å². The van der Waals surface area contributed by atoms with Gasteiger partial charge in [-0.1, -0.05) is 24.3 Å². The first kappa shape index (κ1) is 16.5. The summed E-state index contributed by atoms with van der Waals surface area (Å²) in [6.07, 6.45) is -2.88. The van der Waals surface area contributed by atoms with Crippen LogP contribution in [0.5, 0.6) is 0 Å². The third-order valence-corrected chi connectivity index (χ3v) is 3.69. The van der Waals surface area contributed by atoms with E-state index in [4.69, 9.17) is 20.5 Å². The van der Waals surface area contributed by atoms with E-state index in [1.807, 2.05) is 0 Å². The van der Waals surface area contributed by atoms with Gasteiger partial charge in [-0.3, -0.25) is 13.6 Å². The first-order chi connectivity index (χ1) is 10.5. The van der Waals surface area contributed by atoms with E-state index in [-0.39, 0.29) is 0 Å². The lowest BCUT2D eigenvalue weighted by Gasteiger charge is -2.15. The highest BCUT2D eigenvalue weighted by Crippen LogP contribution is 2.36. The maximum absolute atomic E-state index is 11.7. The predicted octanol–water partition coefficient (Wildman–Crippen LogP) is 1.96.